The first-order valence-electron chi connectivity index (χ1n) is 9.53. The van der Waals surface area contributed by atoms with E-state index in [9.17, 15) is 0 Å². The van der Waals surface area contributed by atoms with Crippen molar-refractivity contribution in [1.29, 1.82) is 0 Å². The van der Waals surface area contributed by atoms with E-state index in [0.29, 0.717) is 0 Å². The molecule has 3 aromatic carbocycles. The van der Waals surface area contributed by atoms with Gasteiger partial charge in [-0.15, -0.1) is 33.4 Å². The van der Waals surface area contributed by atoms with E-state index in [1.165, 1.54) is 54.3 Å². The first kappa shape index (κ1) is 24.6. The van der Waals surface area contributed by atoms with E-state index in [1.54, 1.807) is 0 Å². The van der Waals surface area contributed by atoms with Crippen LogP contribution < -0.4 is 35.3 Å². The molecule has 0 heterocycles. The minimum atomic E-state index is 0. The van der Waals surface area contributed by atoms with E-state index in [-0.39, 0.29) is 50.7 Å². The van der Waals surface area contributed by atoms with Gasteiger partial charge in [0.1, 0.15) is 0 Å². The fourth-order valence-corrected chi connectivity index (χ4v) is 4.28. The van der Waals surface area contributed by atoms with Crippen LogP contribution in [0.1, 0.15) is 37.0 Å². The van der Waals surface area contributed by atoms with E-state index in [1.807, 2.05) is 0 Å². The predicted octanol–water partition coefficient (Wildman–Crippen LogP) is -0.941. The molecule has 30 heavy (non-hydrogen) atoms. The molecule has 0 N–H and O–H groups in total. The molecule has 0 nitrogen and oxygen atoms in total. The van der Waals surface area contributed by atoms with E-state index in [2.05, 4.69) is 98.8 Å². The molecule has 0 aromatic heterocycles. The van der Waals surface area contributed by atoms with Crippen LogP contribution in [0.15, 0.2) is 78.9 Å². The summed E-state index contributed by atoms with van der Waals surface area (Å²) < 4.78 is 0. The van der Waals surface area contributed by atoms with Crippen LogP contribution in [0.5, 0.6) is 0 Å². The summed E-state index contributed by atoms with van der Waals surface area (Å²) in [7, 11) is 0. The zero-order valence-corrected chi connectivity index (χ0v) is 22.1. The summed E-state index contributed by atoms with van der Waals surface area (Å²) in [4.78, 5) is 0. The molecular formula is C27H21Cl2Hf-3. The molecule has 2 aliphatic carbocycles. The van der Waals surface area contributed by atoms with Crippen molar-refractivity contribution in [1.82, 2.24) is 0 Å². The first-order chi connectivity index (χ1) is 13.2. The van der Waals surface area contributed by atoms with Crippen molar-refractivity contribution in [3.05, 3.63) is 116 Å². The molecule has 3 aromatic rings. The summed E-state index contributed by atoms with van der Waals surface area (Å²) >= 11 is 0. The van der Waals surface area contributed by atoms with Crippen LogP contribution in [0.25, 0.3) is 22.8 Å². The average Bonchev–Trinajstić information content (AvgIpc) is 3.32. The van der Waals surface area contributed by atoms with Gasteiger partial charge in [-0.25, -0.2) is 0 Å². The van der Waals surface area contributed by atoms with E-state index >= 15 is 0 Å². The SMILES string of the molecule is CC(C)=c1ccc2c(c1C1=C(c3ccccc3)C=CC1)[C-]=c1ccccc1=2.[Cl-].[Cl-].[Hf]. The van der Waals surface area contributed by atoms with Gasteiger partial charge in [0.25, 0.3) is 0 Å². The Morgan fingerprint density at radius 3 is 2.23 bits per heavy atom. The van der Waals surface area contributed by atoms with Gasteiger partial charge in [0, 0.05) is 25.8 Å². The molecule has 0 bridgehead atoms. The largest absolute Gasteiger partial charge is 1.00 e. The van der Waals surface area contributed by atoms with Gasteiger partial charge in [-0.2, -0.15) is 0 Å². The second-order valence-electron chi connectivity index (χ2n) is 7.45. The van der Waals surface area contributed by atoms with Gasteiger partial charge in [-0.1, -0.05) is 94.7 Å². The third-order valence-corrected chi connectivity index (χ3v) is 5.54. The van der Waals surface area contributed by atoms with E-state index in [0.717, 1.165) is 6.42 Å². The first-order valence-corrected chi connectivity index (χ1v) is 9.53. The number of halogens is 2. The van der Waals surface area contributed by atoms with Gasteiger partial charge in [-0.05, 0) is 31.4 Å². The molecule has 0 unspecified atom stereocenters. The monoisotopic (exact) mass is 595 g/mol. The van der Waals surface area contributed by atoms with Crippen LogP contribution in [-0.2, 0) is 25.8 Å². The molecule has 0 atom stereocenters. The Morgan fingerprint density at radius 2 is 1.50 bits per heavy atom. The molecule has 3 heteroatoms. The Balaban J connectivity index is 0.00000107. The molecule has 0 amide bonds. The summed E-state index contributed by atoms with van der Waals surface area (Å²) in [5, 5.41) is 5.13. The van der Waals surface area contributed by atoms with Gasteiger partial charge >= 0.3 is 0 Å². The maximum Gasteiger partial charge on any atom is 0 e. The number of fused-ring (bicyclic) bond motifs is 2. The standard InChI is InChI=1S/C27H21.2ClH.Hf/c1-18(2)21-15-16-24-23-12-7-6-11-20(23)17-26(24)27(21)25-14-8-13-22(25)19-9-4-3-5-10-19;;;/h3-13,15-16H,14H2,1-2H3;2*1H;/q-1;;;/p-2. The fourth-order valence-electron chi connectivity index (χ4n) is 4.28. The Kier molecular flexibility index (Phi) is 8.27. The summed E-state index contributed by atoms with van der Waals surface area (Å²) in [5.41, 5.74) is 7.99. The van der Waals surface area contributed by atoms with Gasteiger partial charge < -0.3 is 24.8 Å². The number of hydrogen-bond acceptors (Lipinski definition) is 0. The average molecular weight is 595 g/mol. The van der Waals surface area contributed by atoms with Gasteiger partial charge in [0.2, 0.25) is 0 Å². The maximum atomic E-state index is 3.72. The van der Waals surface area contributed by atoms with Crippen molar-refractivity contribution < 1.29 is 50.7 Å². The molecule has 0 radical (unpaired) electrons. The Hall–Kier alpha value is -1.67. The second-order valence-corrected chi connectivity index (χ2v) is 7.45. The van der Waals surface area contributed by atoms with Crippen LogP contribution in [-0.4, -0.2) is 0 Å². The van der Waals surface area contributed by atoms with Crippen LogP contribution in [0, 0.1) is 10.4 Å². The van der Waals surface area contributed by atoms with Crippen LogP contribution in [0.2, 0.25) is 0 Å². The van der Waals surface area contributed by atoms with Crippen LogP contribution in [0.4, 0.5) is 0 Å². The van der Waals surface area contributed by atoms with E-state index < -0.39 is 0 Å². The number of benzene rings is 3. The van der Waals surface area contributed by atoms with Gasteiger partial charge in [-0.3, -0.25) is 0 Å². The summed E-state index contributed by atoms with van der Waals surface area (Å²) in [5.74, 6) is 0. The molecule has 0 spiro atoms. The Bertz CT molecular complexity index is 1350. The molecule has 0 saturated heterocycles. The normalized spacial score (nSPS) is 12.7. The number of rotatable bonds is 2. The zero-order valence-electron chi connectivity index (χ0n) is 17.0. The van der Waals surface area contributed by atoms with Crippen molar-refractivity contribution in [2.24, 2.45) is 0 Å². The van der Waals surface area contributed by atoms with Crippen molar-refractivity contribution in [3.63, 3.8) is 0 Å². The zero-order chi connectivity index (χ0) is 18.4. The minimum Gasteiger partial charge on any atom is -1.00 e. The molecule has 0 aliphatic heterocycles. The van der Waals surface area contributed by atoms with Crippen LogP contribution >= 0.6 is 0 Å². The van der Waals surface area contributed by atoms with Crippen molar-refractivity contribution in [3.8, 4) is 0 Å². The van der Waals surface area contributed by atoms with Crippen molar-refractivity contribution in [2.75, 3.05) is 0 Å². The predicted molar refractivity (Wildman–Crippen MR) is 114 cm³/mol. The quantitative estimate of drug-likeness (QED) is 0.208. The third kappa shape index (κ3) is 4.08. The molecule has 5 rings (SSSR count). The van der Waals surface area contributed by atoms with Crippen LogP contribution in [0.3, 0.4) is 0 Å². The number of allylic oxidation sites excluding steroid dienone is 4. The second kappa shape index (κ2) is 10.1. The Labute approximate surface area is 209 Å². The molecular weight excluding hydrogens is 574 g/mol. The topological polar surface area (TPSA) is 0 Å². The number of hydrogen-bond donors (Lipinski definition) is 0. The molecule has 0 saturated carbocycles. The summed E-state index contributed by atoms with van der Waals surface area (Å²) in [6.45, 7) is 4.41. The molecule has 0 fully saturated rings. The molecule has 2 aliphatic rings. The van der Waals surface area contributed by atoms with E-state index in [4.69, 9.17) is 0 Å². The smallest absolute Gasteiger partial charge is 0 e. The van der Waals surface area contributed by atoms with Gasteiger partial charge in [0.05, 0.1) is 0 Å². The minimum absolute atomic E-state index is 0. The summed E-state index contributed by atoms with van der Waals surface area (Å²) in [6, 6.07) is 23.9. The Morgan fingerprint density at radius 1 is 0.800 bits per heavy atom. The fraction of sp³-hybridized carbons (Fsp3) is 0.111. The summed E-state index contributed by atoms with van der Waals surface area (Å²) in [6.07, 6.45) is 9.25. The van der Waals surface area contributed by atoms with Crippen molar-refractivity contribution in [2.45, 2.75) is 20.3 Å². The third-order valence-electron chi connectivity index (χ3n) is 5.54. The van der Waals surface area contributed by atoms with Gasteiger partial charge in [0.15, 0.2) is 0 Å². The molecule has 150 valence electrons. The maximum absolute atomic E-state index is 3.72. The van der Waals surface area contributed by atoms with Crippen molar-refractivity contribution >= 4 is 22.8 Å².